The smallest absolute Gasteiger partial charge is 0.239 e. The Bertz CT molecular complexity index is 405. The molecule has 0 fully saturated rings. The highest BCUT2D eigenvalue weighted by molar-refractivity contribution is 5.85. The van der Waals surface area contributed by atoms with Gasteiger partial charge in [-0.25, -0.2) is 4.39 Å². The van der Waals surface area contributed by atoms with Gasteiger partial charge < -0.3 is 11.1 Å². The van der Waals surface area contributed by atoms with Crippen molar-refractivity contribution in [1.29, 1.82) is 0 Å². The van der Waals surface area contributed by atoms with Crippen LogP contribution in [0.2, 0.25) is 0 Å². The fourth-order valence-corrected chi connectivity index (χ4v) is 1.85. The molecule has 3 nitrogen and oxygen atoms in total. The van der Waals surface area contributed by atoms with E-state index in [0.29, 0.717) is 19.4 Å². The van der Waals surface area contributed by atoms with Gasteiger partial charge in [0.1, 0.15) is 5.82 Å². The molecule has 1 atom stereocenters. The number of halogens is 1. The van der Waals surface area contributed by atoms with Crippen molar-refractivity contribution in [1.82, 2.24) is 5.32 Å². The first-order valence-corrected chi connectivity index (χ1v) is 6.27. The lowest BCUT2D eigenvalue weighted by Crippen LogP contribution is -2.51. The maximum absolute atomic E-state index is 12.9. The second-order valence-corrected chi connectivity index (χ2v) is 4.80. The van der Waals surface area contributed by atoms with Gasteiger partial charge in [-0.15, -0.1) is 0 Å². The lowest BCUT2D eigenvalue weighted by molar-refractivity contribution is -0.126. The number of amides is 1. The van der Waals surface area contributed by atoms with Crippen molar-refractivity contribution in [2.45, 2.75) is 38.6 Å². The van der Waals surface area contributed by atoms with Gasteiger partial charge in [-0.1, -0.05) is 25.5 Å². The molecule has 1 aromatic rings. The van der Waals surface area contributed by atoms with E-state index in [1.807, 2.05) is 13.0 Å². The lowest BCUT2D eigenvalue weighted by atomic mass is 9.96. The van der Waals surface area contributed by atoms with Gasteiger partial charge >= 0.3 is 0 Å². The highest BCUT2D eigenvalue weighted by Gasteiger charge is 2.26. The zero-order valence-corrected chi connectivity index (χ0v) is 11.0. The molecular weight excluding hydrogens is 231 g/mol. The number of nitrogens with one attached hydrogen (secondary N) is 1. The van der Waals surface area contributed by atoms with Crippen molar-refractivity contribution in [3.63, 3.8) is 0 Å². The minimum absolute atomic E-state index is 0.152. The van der Waals surface area contributed by atoms with Crippen LogP contribution in [0.4, 0.5) is 4.39 Å². The van der Waals surface area contributed by atoms with Gasteiger partial charge in [0.05, 0.1) is 5.54 Å². The summed E-state index contributed by atoms with van der Waals surface area (Å²) >= 11 is 0. The maximum atomic E-state index is 12.9. The molecule has 0 aliphatic rings. The number of hydrogen-bond acceptors (Lipinski definition) is 2. The molecule has 0 aromatic heterocycles. The van der Waals surface area contributed by atoms with E-state index in [1.54, 1.807) is 13.0 Å². The topological polar surface area (TPSA) is 55.1 Å². The van der Waals surface area contributed by atoms with E-state index in [4.69, 9.17) is 5.73 Å². The summed E-state index contributed by atoms with van der Waals surface area (Å²) in [4.78, 5) is 11.8. The molecule has 0 saturated carbocycles. The molecule has 0 bridgehead atoms. The molecule has 1 rings (SSSR count). The van der Waals surface area contributed by atoms with E-state index in [1.165, 1.54) is 12.1 Å². The van der Waals surface area contributed by atoms with E-state index >= 15 is 0 Å². The fraction of sp³-hybridized carbons (Fsp3) is 0.500. The molecule has 1 amide bonds. The molecule has 1 unspecified atom stereocenters. The van der Waals surface area contributed by atoms with E-state index in [2.05, 4.69) is 5.32 Å². The monoisotopic (exact) mass is 252 g/mol. The van der Waals surface area contributed by atoms with Crippen molar-refractivity contribution in [2.24, 2.45) is 5.73 Å². The average Bonchev–Trinajstić information content (AvgIpc) is 2.28. The molecule has 18 heavy (non-hydrogen) atoms. The highest BCUT2D eigenvalue weighted by Crippen LogP contribution is 2.08. The van der Waals surface area contributed by atoms with Crippen molar-refractivity contribution in [2.75, 3.05) is 6.54 Å². The normalized spacial score (nSPS) is 14.0. The summed E-state index contributed by atoms with van der Waals surface area (Å²) in [5, 5.41) is 2.79. The Labute approximate surface area is 108 Å². The van der Waals surface area contributed by atoms with Gasteiger partial charge in [-0.3, -0.25) is 4.79 Å². The second kappa shape index (κ2) is 6.50. The number of benzene rings is 1. The van der Waals surface area contributed by atoms with Crippen molar-refractivity contribution in [3.8, 4) is 0 Å². The zero-order chi connectivity index (χ0) is 13.6. The lowest BCUT2D eigenvalue weighted by Gasteiger charge is -2.22. The Morgan fingerprint density at radius 2 is 2.22 bits per heavy atom. The van der Waals surface area contributed by atoms with Crippen LogP contribution in [0.15, 0.2) is 24.3 Å². The summed E-state index contributed by atoms with van der Waals surface area (Å²) in [6.07, 6.45) is 2.12. The molecule has 0 aliphatic heterocycles. The third-order valence-corrected chi connectivity index (χ3v) is 2.88. The number of carbonyl (C=O) groups is 1. The molecule has 0 spiro atoms. The summed E-state index contributed by atoms with van der Waals surface area (Å²) < 4.78 is 12.9. The second-order valence-electron chi connectivity index (χ2n) is 4.80. The Hall–Kier alpha value is -1.42. The zero-order valence-electron chi connectivity index (χ0n) is 11.0. The standard InChI is InChI=1S/C14H21FN2O/c1-3-8-14(2,16)13(18)17-9-7-11-5-4-6-12(15)10-11/h4-6,10H,3,7-9,16H2,1-2H3,(H,17,18). The van der Waals surface area contributed by atoms with Crippen LogP contribution in [-0.4, -0.2) is 18.0 Å². The van der Waals surface area contributed by atoms with E-state index in [0.717, 1.165) is 12.0 Å². The van der Waals surface area contributed by atoms with Crippen LogP contribution in [0.3, 0.4) is 0 Å². The van der Waals surface area contributed by atoms with E-state index < -0.39 is 5.54 Å². The molecule has 3 N–H and O–H groups in total. The maximum Gasteiger partial charge on any atom is 0.239 e. The third-order valence-electron chi connectivity index (χ3n) is 2.88. The van der Waals surface area contributed by atoms with Gasteiger partial charge in [0.2, 0.25) is 5.91 Å². The van der Waals surface area contributed by atoms with E-state index in [9.17, 15) is 9.18 Å². The van der Waals surface area contributed by atoms with Gasteiger partial charge in [0.25, 0.3) is 0 Å². The largest absolute Gasteiger partial charge is 0.354 e. The SMILES string of the molecule is CCCC(C)(N)C(=O)NCCc1cccc(F)c1. The molecule has 100 valence electrons. The van der Waals surface area contributed by atoms with Crippen LogP contribution < -0.4 is 11.1 Å². The summed E-state index contributed by atoms with van der Waals surface area (Å²) in [6, 6.07) is 6.37. The van der Waals surface area contributed by atoms with Crippen LogP contribution in [0.25, 0.3) is 0 Å². The molecule has 0 aliphatic carbocycles. The minimum Gasteiger partial charge on any atom is -0.354 e. The Balaban J connectivity index is 2.40. The van der Waals surface area contributed by atoms with E-state index in [-0.39, 0.29) is 11.7 Å². The Morgan fingerprint density at radius 3 is 2.83 bits per heavy atom. The van der Waals surface area contributed by atoms with Gasteiger partial charge in [0, 0.05) is 6.54 Å². The van der Waals surface area contributed by atoms with Crippen LogP contribution in [-0.2, 0) is 11.2 Å². The number of nitrogens with two attached hydrogens (primary N) is 1. The van der Waals surface area contributed by atoms with Crippen LogP contribution in [0, 0.1) is 5.82 Å². The summed E-state index contributed by atoms with van der Waals surface area (Å²) in [5.74, 6) is -0.408. The quantitative estimate of drug-likeness (QED) is 0.813. The predicted octanol–water partition coefficient (Wildman–Crippen LogP) is 2.00. The number of rotatable bonds is 6. The minimum atomic E-state index is -0.823. The molecular formula is C14H21FN2O. The van der Waals surface area contributed by atoms with Gasteiger partial charge in [-0.2, -0.15) is 0 Å². The Kier molecular flexibility index (Phi) is 5.28. The van der Waals surface area contributed by atoms with Crippen LogP contribution in [0.1, 0.15) is 32.3 Å². The summed E-state index contributed by atoms with van der Waals surface area (Å²) in [7, 11) is 0. The average molecular weight is 252 g/mol. The first kappa shape index (κ1) is 14.6. The summed E-state index contributed by atoms with van der Waals surface area (Å²) in [5.41, 5.74) is 5.94. The molecule has 0 heterocycles. The number of carbonyl (C=O) groups excluding carboxylic acids is 1. The first-order chi connectivity index (χ1) is 8.45. The molecule has 1 aromatic carbocycles. The van der Waals surface area contributed by atoms with Crippen LogP contribution in [0.5, 0.6) is 0 Å². The third kappa shape index (κ3) is 4.45. The Morgan fingerprint density at radius 1 is 1.50 bits per heavy atom. The van der Waals surface area contributed by atoms with Gasteiger partial charge in [0.15, 0.2) is 0 Å². The first-order valence-electron chi connectivity index (χ1n) is 6.27. The van der Waals surface area contributed by atoms with Crippen molar-refractivity contribution < 1.29 is 9.18 Å². The molecule has 4 heteroatoms. The fourth-order valence-electron chi connectivity index (χ4n) is 1.85. The predicted molar refractivity (Wildman–Crippen MR) is 70.6 cm³/mol. The van der Waals surface area contributed by atoms with Crippen molar-refractivity contribution in [3.05, 3.63) is 35.6 Å². The highest BCUT2D eigenvalue weighted by atomic mass is 19.1. The number of hydrogen-bond donors (Lipinski definition) is 2. The molecule has 0 radical (unpaired) electrons. The van der Waals surface area contributed by atoms with Crippen molar-refractivity contribution >= 4 is 5.91 Å². The molecule has 0 saturated heterocycles. The van der Waals surface area contributed by atoms with Gasteiger partial charge in [-0.05, 0) is 37.5 Å². The summed E-state index contributed by atoms with van der Waals surface area (Å²) in [6.45, 7) is 4.19. The van der Waals surface area contributed by atoms with Crippen LogP contribution >= 0.6 is 0 Å².